The van der Waals surface area contributed by atoms with Crippen LogP contribution in [0.3, 0.4) is 0 Å². The normalized spacial score (nSPS) is 21.7. The van der Waals surface area contributed by atoms with Crippen molar-refractivity contribution in [2.45, 2.75) is 38.1 Å². The van der Waals surface area contributed by atoms with E-state index in [9.17, 15) is 4.79 Å². The predicted molar refractivity (Wildman–Crippen MR) is 90.1 cm³/mol. The second kappa shape index (κ2) is 6.93. The quantitative estimate of drug-likeness (QED) is 0.884. The van der Waals surface area contributed by atoms with Crippen LogP contribution in [0.15, 0.2) is 6.33 Å². The number of nitrogens with one attached hydrogen (secondary N) is 1. The second-order valence-electron chi connectivity index (χ2n) is 6.79. The highest BCUT2D eigenvalue weighted by molar-refractivity contribution is 5.74. The minimum atomic E-state index is 0.132. The zero-order chi connectivity index (χ0) is 16.4. The van der Waals surface area contributed by atoms with Gasteiger partial charge in [0, 0.05) is 44.2 Å². The summed E-state index contributed by atoms with van der Waals surface area (Å²) in [5.74, 6) is 0.977. The van der Waals surface area contributed by atoms with Gasteiger partial charge in [-0.05, 0) is 25.7 Å². The Hall–Kier alpha value is -1.89. The fourth-order valence-electron chi connectivity index (χ4n) is 3.54. The van der Waals surface area contributed by atoms with Gasteiger partial charge in [0.25, 0.3) is 0 Å². The molecule has 3 heterocycles. The molecule has 7 nitrogen and oxygen atoms in total. The van der Waals surface area contributed by atoms with E-state index in [2.05, 4.69) is 15.3 Å². The molecular weight excluding hydrogens is 306 g/mol. The van der Waals surface area contributed by atoms with Crippen LogP contribution in [0.5, 0.6) is 0 Å². The van der Waals surface area contributed by atoms with Gasteiger partial charge in [0.05, 0.1) is 18.9 Å². The summed E-state index contributed by atoms with van der Waals surface area (Å²) in [4.78, 5) is 25.5. The summed E-state index contributed by atoms with van der Waals surface area (Å²) >= 11 is 0. The molecule has 2 fully saturated rings. The number of urea groups is 1. The molecule has 24 heavy (non-hydrogen) atoms. The van der Waals surface area contributed by atoms with E-state index >= 15 is 0 Å². The number of hydrogen-bond donors (Lipinski definition) is 1. The van der Waals surface area contributed by atoms with Gasteiger partial charge in [-0.3, -0.25) is 0 Å². The summed E-state index contributed by atoms with van der Waals surface area (Å²) < 4.78 is 5.34. The first kappa shape index (κ1) is 15.6. The number of carbonyl (C=O) groups is 1. The van der Waals surface area contributed by atoms with Gasteiger partial charge < -0.3 is 19.9 Å². The highest BCUT2D eigenvalue weighted by Crippen LogP contribution is 2.26. The number of nitrogens with zero attached hydrogens (tertiary/aromatic N) is 4. The Kier molecular flexibility index (Phi) is 4.51. The molecular formula is C17H25N5O2. The van der Waals surface area contributed by atoms with Gasteiger partial charge in [-0.1, -0.05) is 0 Å². The molecule has 0 spiro atoms. The topological polar surface area (TPSA) is 70.6 Å². The molecule has 2 aliphatic heterocycles. The average molecular weight is 331 g/mol. The molecule has 1 aliphatic carbocycles. The minimum Gasteiger partial charge on any atom is -0.378 e. The first-order valence-corrected chi connectivity index (χ1v) is 9.02. The summed E-state index contributed by atoms with van der Waals surface area (Å²) in [5, 5.41) is 3.56. The standard InChI is InChI=1S/C17H25N5O2/c23-17(22-8-10-24-11-9-22)21-6-4-14-15(5-7-21)18-12-19-16(14)20-13-2-1-3-13/h12-13H,1-11H2,(H,18,19,20). The minimum absolute atomic E-state index is 0.132. The summed E-state index contributed by atoms with van der Waals surface area (Å²) in [7, 11) is 0. The van der Waals surface area contributed by atoms with E-state index in [1.807, 2.05) is 9.80 Å². The third-order valence-corrected chi connectivity index (χ3v) is 5.28. The van der Waals surface area contributed by atoms with Crippen molar-refractivity contribution in [2.24, 2.45) is 0 Å². The van der Waals surface area contributed by atoms with Gasteiger partial charge in [0.1, 0.15) is 12.1 Å². The van der Waals surface area contributed by atoms with E-state index in [4.69, 9.17) is 4.74 Å². The smallest absolute Gasteiger partial charge is 0.320 e. The van der Waals surface area contributed by atoms with Crippen molar-refractivity contribution in [2.75, 3.05) is 44.7 Å². The van der Waals surface area contributed by atoms with Gasteiger partial charge in [0.15, 0.2) is 0 Å². The van der Waals surface area contributed by atoms with Crippen molar-refractivity contribution in [3.8, 4) is 0 Å². The average Bonchev–Trinajstić information content (AvgIpc) is 2.81. The molecule has 4 rings (SSSR count). The number of morpholine rings is 1. The number of anilines is 1. The first-order chi connectivity index (χ1) is 11.8. The number of amides is 2. The van der Waals surface area contributed by atoms with Gasteiger partial charge in [-0.25, -0.2) is 14.8 Å². The van der Waals surface area contributed by atoms with Crippen molar-refractivity contribution in [1.29, 1.82) is 0 Å². The zero-order valence-corrected chi connectivity index (χ0v) is 14.0. The fraction of sp³-hybridized carbons (Fsp3) is 0.706. The lowest BCUT2D eigenvalue weighted by Gasteiger charge is -2.32. The van der Waals surface area contributed by atoms with Crippen molar-refractivity contribution in [3.63, 3.8) is 0 Å². The fourth-order valence-corrected chi connectivity index (χ4v) is 3.54. The Bertz CT molecular complexity index is 599. The van der Waals surface area contributed by atoms with Crippen LogP contribution in [0.2, 0.25) is 0 Å². The van der Waals surface area contributed by atoms with Crippen molar-refractivity contribution in [1.82, 2.24) is 19.8 Å². The van der Waals surface area contributed by atoms with Crippen LogP contribution in [0.1, 0.15) is 30.5 Å². The molecule has 3 aliphatic rings. The van der Waals surface area contributed by atoms with Gasteiger partial charge in [-0.2, -0.15) is 0 Å². The molecule has 130 valence electrons. The lowest BCUT2D eigenvalue weighted by Crippen LogP contribution is -2.48. The third kappa shape index (κ3) is 3.17. The Morgan fingerprint density at radius 1 is 1.08 bits per heavy atom. The Morgan fingerprint density at radius 3 is 2.58 bits per heavy atom. The SMILES string of the molecule is O=C(N1CCOCC1)N1CCc2ncnc(NC3CCC3)c2CC1. The van der Waals surface area contributed by atoms with Gasteiger partial charge >= 0.3 is 6.03 Å². The molecule has 1 aromatic heterocycles. The van der Waals surface area contributed by atoms with Crippen LogP contribution in [-0.4, -0.2) is 71.2 Å². The van der Waals surface area contributed by atoms with Gasteiger partial charge in [-0.15, -0.1) is 0 Å². The lowest BCUT2D eigenvalue weighted by molar-refractivity contribution is 0.0436. The van der Waals surface area contributed by atoms with E-state index in [0.717, 1.165) is 37.4 Å². The van der Waals surface area contributed by atoms with E-state index in [-0.39, 0.29) is 6.03 Å². The lowest BCUT2D eigenvalue weighted by atomic mass is 9.93. The zero-order valence-electron chi connectivity index (χ0n) is 14.0. The molecule has 1 saturated heterocycles. The largest absolute Gasteiger partial charge is 0.378 e. The first-order valence-electron chi connectivity index (χ1n) is 9.02. The van der Waals surface area contributed by atoms with Crippen LogP contribution < -0.4 is 5.32 Å². The van der Waals surface area contributed by atoms with Crippen LogP contribution in [-0.2, 0) is 17.6 Å². The van der Waals surface area contributed by atoms with E-state index in [1.165, 1.54) is 24.8 Å². The summed E-state index contributed by atoms with van der Waals surface area (Å²) in [6.07, 6.45) is 7.02. The van der Waals surface area contributed by atoms with Crippen molar-refractivity contribution in [3.05, 3.63) is 17.6 Å². The molecule has 0 aromatic carbocycles. The highest BCUT2D eigenvalue weighted by atomic mass is 16.5. The van der Waals surface area contributed by atoms with E-state index in [0.29, 0.717) is 32.3 Å². The summed E-state index contributed by atoms with van der Waals surface area (Å²) in [6, 6.07) is 0.686. The Balaban J connectivity index is 1.45. The van der Waals surface area contributed by atoms with Crippen LogP contribution in [0.25, 0.3) is 0 Å². The number of aromatic nitrogens is 2. The van der Waals surface area contributed by atoms with E-state index < -0.39 is 0 Å². The Labute approximate surface area is 142 Å². The maximum atomic E-state index is 12.7. The number of hydrogen-bond acceptors (Lipinski definition) is 5. The maximum absolute atomic E-state index is 12.7. The highest BCUT2D eigenvalue weighted by Gasteiger charge is 2.27. The summed E-state index contributed by atoms with van der Waals surface area (Å²) in [5.41, 5.74) is 2.28. The molecule has 2 amide bonds. The van der Waals surface area contributed by atoms with Gasteiger partial charge in [0.2, 0.25) is 0 Å². The number of rotatable bonds is 2. The molecule has 0 unspecified atom stereocenters. The van der Waals surface area contributed by atoms with Crippen LogP contribution in [0, 0.1) is 0 Å². The number of carbonyl (C=O) groups excluding carboxylic acids is 1. The number of ether oxygens (including phenoxy) is 1. The molecule has 1 N–H and O–H groups in total. The predicted octanol–water partition coefficient (Wildman–Crippen LogP) is 1.29. The molecule has 1 saturated carbocycles. The second-order valence-corrected chi connectivity index (χ2v) is 6.79. The monoisotopic (exact) mass is 331 g/mol. The van der Waals surface area contributed by atoms with Crippen LogP contribution in [0.4, 0.5) is 10.6 Å². The Morgan fingerprint density at radius 2 is 1.83 bits per heavy atom. The molecule has 1 aromatic rings. The molecule has 0 bridgehead atoms. The number of fused-ring (bicyclic) bond motifs is 1. The molecule has 0 atom stereocenters. The van der Waals surface area contributed by atoms with E-state index in [1.54, 1.807) is 6.33 Å². The summed E-state index contributed by atoms with van der Waals surface area (Å²) in [6.45, 7) is 4.12. The van der Waals surface area contributed by atoms with Crippen molar-refractivity contribution < 1.29 is 9.53 Å². The van der Waals surface area contributed by atoms with Crippen molar-refractivity contribution >= 4 is 11.8 Å². The maximum Gasteiger partial charge on any atom is 0.320 e. The molecule has 7 heteroatoms. The third-order valence-electron chi connectivity index (χ3n) is 5.28. The molecule has 0 radical (unpaired) electrons. The van der Waals surface area contributed by atoms with Crippen LogP contribution >= 0.6 is 0 Å².